The van der Waals surface area contributed by atoms with Gasteiger partial charge in [0.25, 0.3) is 11.8 Å². The van der Waals surface area contributed by atoms with Gasteiger partial charge in [-0.15, -0.1) is 0 Å². The van der Waals surface area contributed by atoms with Gasteiger partial charge in [-0.25, -0.2) is 4.79 Å². The summed E-state index contributed by atoms with van der Waals surface area (Å²) >= 11 is 4.80. The van der Waals surface area contributed by atoms with Gasteiger partial charge in [0.2, 0.25) is 0 Å². The zero-order valence-corrected chi connectivity index (χ0v) is 18.1. The summed E-state index contributed by atoms with van der Waals surface area (Å²) in [5.74, 6) is -1.66. The molecule has 0 aliphatic heterocycles. The average Bonchev–Trinajstić information content (AvgIpc) is 2.71. The number of hydrogen-bond acceptors (Lipinski definition) is 4. The predicted molar refractivity (Wildman–Crippen MR) is 119 cm³/mol. The molecule has 0 aliphatic rings. The second kappa shape index (κ2) is 11.4. The molecule has 2 rings (SSSR count). The molecule has 152 valence electrons. The van der Waals surface area contributed by atoms with Gasteiger partial charge >= 0.3 is 5.97 Å². The lowest BCUT2D eigenvalue weighted by Gasteiger charge is -2.16. The van der Waals surface area contributed by atoms with Gasteiger partial charge in [0.15, 0.2) is 0 Å². The van der Waals surface area contributed by atoms with Crippen LogP contribution in [-0.2, 0) is 9.59 Å². The van der Waals surface area contributed by atoms with Gasteiger partial charge in [0.1, 0.15) is 11.7 Å². The van der Waals surface area contributed by atoms with Crippen molar-refractivity contribution in [2.75, 3.05) is 12.0 Å². The number of aliphatic carboxylic acids is 1. The van der Waals surface area contributed by atoms with Crippen molar-refractivity contribution in [2.45, 2.75) is 12.5 Å². The van der Waals surface area contributed by atoms with Crippen LogP contribution in [0.25, 0.3) is 6.08 Å². The molecule has 0 saturated carbocycles. The maximum absolute atomic E-state index is 12.8. The fourth-order valence-corrected chi connectivity index (χ4v) is 3.13. The van der Waals surface area contributed by atoms with Crippen molar-refractivity contribution < 1.29 is 19.5 Å². The standard InChI is InChI=1S/C21H21BrN2O4S/c1-29-12-11-17(21(27)28)23-20(26)18(13-14-5-3-2-4-6-14)24-19(25)15-7-9-16(22)10-8-15/h2-10,13,17H,11-12H2,1H3,(H,23,26)(H,24,25)(H,27,28)/b18-13-/t17-/m0/s1. The number of carboxylic acids is 1. The van der Waals surface area contributed by atoms with E-state index in [0.29, 0.717) is 16.9 Å². The molecule has 2 amide bonds. The van der Waals surface area contributed by atoms with Gasteiger partial charge in [0.05, 0.1) is 0 Å². The maximum Gasteiger partial charge on any atom is 0.326 e. The SMILES string of the molecule is CSCC[C@H](NC(=O)/C(=C/c1ccccc1)NC(=O)c1ccc(Br)cc1)C(=O)O. The summed E-state index contributed by atoms with van der Waals surface area (Å²) in [7, 11) is 0. The highest BCUT2D eigenvalue weighted by Crippen LogP contribution is 2.12. The van der Waals surface area contributed by atoms with E-state index in [2.05, 4.69) is 26.6 Å². The molecule has 0 bridgehead atoms. The second-order valence-corrected chi connectivity index (χ2v) is 7.98. The number of thioether (sulfide) groups is 1. The van der Waals surface area contributed by atoms with E-state index in [1.165, 1.54) is 17.8 Å². The summed E-state index contributed by atoms with van der Waals surface area (Å²) in [6.07, 6.45) is 3.65. The van der Waals surface area contributed by atoms with Crippen molar-refractivity contribution in [1.82, 2.24) is 10.6 Å². The first kappa shape index (κ1) is 22.7. The largest absolute Gasteiger partial charge is 0.480 e. The van der Waals surface area contributed by atoms with Crippen molar-refractivity contribution in [3.8, 4) is 0 Å². The fraction of sp³-hybridized carbons (Fsp3) is 0.190. The van der Waals surface area contributed by atoms with Crippen LogP contribution in [0.2, 0.25) is 0 Å². The normalized spacial score (nSPS) is 12.1. The monoisotopic (exact) mass is 476 g/mol. The Hall–Kier alpha value is -2.58. The number of carbonyl (C=O) groups is 3. The third kappa shape index (κ3) is 7.40. The lowest BCUT2D eigenvalue weighted by molar-refractivity contribution is -0.141. The number of rotatable bonds is 9. The van der Waals surface area contributed by atoms with E-state index in [-0.39, 0.29) is 12.1 Å². The molecule has 3 N–H and O–H groups in total. The first-order valence-electron chi connectivity index (χ1n) is 8.77. The molecule has 0 radical (unpaired) electrons. The molecule has 0 heterocycles. The van der Waals surface area contributed by atoms with Crippen LogP contribution in [0, 0.1) is 0 Å². The van der Waals surface area contributed by atoms with E-state index in [4.69, 9.17) is 0 Å². The minimum atomic E-state index is -1.12. The third-order valence-corrected chi connectivity index (χ3v) is 5.10. The van der Waals surface area contributed by atoms with E-state index in [9.17, 15) is 19.5 Å². The van der Waals surface area contributed by atoms with Crippen LogP contribution in [0.15, 0.2) is 64.8 Å². The predicted octanol–water partition coefficient (Wildman–Crippen LogP) is 3.54. The Balaban J connectivity index is 2.25. The van der Waals surface area contributed by atoms with Crippen LogP contribution in [0.3, 0.4) is 0 Å². The van der Waals surface area contributed by atoms with Crippen molar-refractivity contribution in [1.29, 1.82) is 0 Å². The molecule has 0 aliphatic carbocycles. The molecule has 6 nitrogen and oxygen atoms in total. The van der Waals surface area contributed by atoms with Crippen LogP contribution in [0.1, 0.15) is 22.3 Å². The first-order valence-corrected chi connectivity index (χ1v) is 11.0. The Labute approximate surface area is 181 Å². The summed E-state index contributed by atoms with van der Waals surface area (Å²) in [5, 5.41) is 14.5. The molecule has 1 atom stereocenters. The van der Waals surface area contributed by atoms with Crippen LogP contribution < -0.4 is 10.6 Å². The Morgan fingerprint density at radius 3 is 2.34 bits per heavy atom. The Bertz CT molecular complexity index is 885. The van der Waals surface area contributed by atoms with Gasteiger partial charge in [-0.3, -0.25) is 9.59 Å². The number of halogens is 1. The van der Waals surface area contributed by atoms with Crippen molar-refractivity contribution in [2.24, 2.45) is 0 Å². The quantitative estimate of drug-likeness (QED) is 0.481. The zero-order chi connectivity index (χ0) is 21.2. The number of carboxylic acid groups (broad SMARTS) is 1. The Kier molecular flexibility index (Phi) is 8.95. The molecule has 2 aromatic carbocycles. The molecule has 8 heteroatoms. The summed E-state index contributed by atoms with van der Waals surface area (Å²) in [6, 6.07) is 14.6. The van der Waals surface area contributed by atoms with Gasteiger partial charge in [-0.2, -0.15) is 11.8 Å². The summed E-state index contributed by atoms with van der Waals surface area (Å²) in [4.78, 5) is 36.8. The smallest absolute Gasteiger partial charge is 0.326 e. The molecule has 2 aromatic rings. The Morgan fingerprint density at radius 2 is 1.76 bits per heavy atom. The highest BCUT2D eigenvalue weighted by molar-refractivity contribution is 9.10. The van der Waals surface area contributed by atoms with E-state index in [1.54, 1.807) is 48.5 Å². The lowest BCUT2D eigenvalue weighted by Crippen LogP contribution is -2.44. The van der Waals surface area contributed by atoms with Crippen LogP contribution in [-0.4, -0.2) is 40.9 Å². The van der Waals surface area contributed by atoms with Crippen LogP contribution in [0.4, 0.5) is 0 Å². The summed E-state index contributed by atoms with van der Waals surface area (Å²) < 4.78 is 0.824. The number of nitrogens with one attached hydrogen (secondary N) is 2. The minimum absolute atomic E-state index is 0.0282. The topological polar surface area (TPSA) is 95.5 Å². The number of carbonyl (C=O) groups excluding carboxylic acids is 2. The third-order valence-electron chi connectivity index (χ3n) is 3.92. The van der Waals surface area contributed by atoms with Crippen LogP contribution in [0.5, 0.6) is 0 Å². The van der Waals surface area contributed by atoms with E-state index < -0.39 is 23.8 Å². The summed E-state index contributed by atoms with van der Waals surface area (Å²) in [5.41, 5.74) is 1.04. The van der Waals surface area contributed by atoms with E-state index in [0.717, 1.165) is 4.47 Å². The highest BCUT2D eigenvalue weighted by Gasteiger charge is 2.22. The number of amides is 2. The molecule has 0 fully saturated rings. The number of hydrogen-bond donors (Lipinski definition) is 3. The van der Waals surface area contributed by atoms with Crippen LogP contribution >= 0.6 is 27.7 Å². The van der Waals surface area contributed by atoms with Gasteiger partial charge in [-0.1, -0.05) is 46.3 Å². The molecule has 0 saturated heterocycles. The molecular formula is C21H21BrN2O4S. The lowest BCUT2D eigenvalue weighted by atomic mass is 10.1. The van der Waals surface area contributed by atoms with Crippen molar-refractivity contribution >= 4 is 51.6 Å². The van der Waals surface area contributed by atoms with Crippen molar-refractivity contribution in [3.63, 3.8) is 0 Å². The maximum atomic E-state index is 12.8. The van der Waals surface area contributed by atoms with Gasteiger partial charge in [-0.05, 0) is 54.3 Å². The molecule has 0 unspecified atom stereocenters. The molecular weight excluding hydrogens is 456 g/mol. The molecule has 29 heavy (non-hydrogen) atoms. The zero-order valence-electron chi connectivity index (χ0n) is 15.7. The summed E-state index contributed by atoms with van der Waals surface area (Å²) in [6.45, 7) is 0. The number of benzene rings is 2. The fourth-order valence-electron chi connectivity index (χ4n) is 2.40. The molecule has 0 spiro atoms. The molecule has 0 aromatic heterocycles. The highest BCUT2D eigenvalue weighted by atomic mass is 79.9. The Morgan fingerprint density at radius 1 is 1.10 bits per heavy atom. The van der Waals surface area contributed by atoms with E-state index >= 15 is 0 Å². The van der Waals surface area contributed by atoms with E-state index in [1.807, 2.05) is 12.3 Å². The second-order valence-electron chi connectivity index (χ2n) is 6.08. The van der Waals surface area contributed by atoms with Crippen molar-refractivity contribution in [3.05, 3.63) is 75.9 Å². The van der Waals surface area contributed by atoms with Gasteiger partial charge < -0.3 is 15.7 Å². The average molecular weight is 477 g/mol. The first-order chi connectivity index (χ1) is 13.9. The van der Waals surface area contributed by atoms with Gasteiger partial charge in [0, 0.05) is 10.0 Å². The minimum Gasteiger partial charge on any atom is -0.480 e.